The van der Waals surface area contributed by atoms with E-state index in [1.807, 2.05) is 0 Å². The van der Waals surface area contributed by atoms with Crippen molar-refractivity contribution in [1.82, 2.24) is 9.97 Å². The Labute approximate surface area is 108 Å². The van der Waals surface area contributed by atoms with E-state index in [0.717, 1.165) is 12.3 Å². The molecule has 0 radical (unpaired) electrons. The van der Waals surface area contributed by atoms with Gasteiger partial charge >= 0.3 is 0 Å². The maximum atomic E-state index is 13.3. The van der Waals surface area contributed by atoms with Crippen LogP contribution < -0.4 is 10.1 Å². The van der Waals surface area contributed by atoms with E-state index in [2.05, 4.69) is 21.9 Å². The number of nitrogens with one attached hydrogen (secondary N) is 1. The minimum absolute atomic E-state index is 0.179. The monoisotopic (exact) mass is 259 g/mol. The lowest BCUT2D eigenvalue weighted by Crippen LogP contribution is -2.07. The van der Waals surface area contributed by atoms with Gasteiger partial charge in [-0.15, -0.1) is 0 Å². The maximum absolute atomic E-state index is 13.3. The van der Waals surface area contributed by atoms with Gasteiger partial charge in [-0.1, -0.05) is 12.6 Å². The van der Waals surface area contributed by atoms with Gasteiger partial charge in [-0.3, -0.25) is 4.79 Å². The molecule has 0 aliphatic heterocycles. The number of carbonyl (C=O) groups excluding carboxylic acids is 1. The first-order valence-corrected chi connectivity index (χ1v) is 5.36. The largest absolute Gasteiger partial charge is 0.436 e. The zero-order chi connectivity index (χ0) is 13.7. The highest BCUT2D eigenvalue weighted by Gasteiger charge is 2.06. The Balaban J connectivity index is 2.17. The summed E-state index contributed by atoms with van der Waals surface area (Å²) in [6, 6.07) is 6.49. The van der Waals surface area contributed by atoms with Crippen molar-refractivity contribution in [3.8, 4) is 11.6 Å². The Kier molecular flexibility index (Phi) is 3.82. The molecule has 0 spiro atoms. The molecule has 1 heterocycles. The molecule has 0 aliphatic rings. The lowest BCUT2D eigenvalue weighted by atomic mass is 10.3. The van der Waals surface area contributed by atoms with Gasteiger partial charge in [0.25, 0.3) is 5.88 Å². The second kappa shape index (κ2) is 5.72. The van der Waals surface area contributed by atoms with Gasteiger partial charge in [-0.2, -0.15) is 9.37 Å². The summed E-state index contributed by atoms with van der Waals surface area (Å²) in [6.45, 7) is 3.35. The highest BCUT2D eigenvalue weighted by atomic mass is 19.1. The first-order chi connectivity index (χ1) is 9.19. The molecule has 2 aromatic rings. The Morgan fingerprint density at radius 3 is 3.05 bits per heavy atom. The third kappa shape index (κ3) is 3.35. The van der Waals surface area contributed by atoms with Crippen molar-refractivity contribution in [3.05, 3.63) is 55.3 Å². The highest BCUT2D eigenvalue weighted by molar-refractivity contribution is 5.98. The number of aromatic nitrogens is 2. The predicted molar refractivity (Wildman–Crippen MR) is 67.3 cm³/mol. The Hall–Kier alpha value is -2.76. The summed E-state index contributed by atoms with van der Waals surface area (Å²) in [5.74, 6) is -0.838. The molecule has 5 nitrogen and oxygen atoms in total. The van der Waals surface area contributed by atoms with Gasteiger partial charge in [0.1, 0.15) is 12.1 Å². The molecule has 1 aromatic heterocycles. The van der Waals surface area contributed by atoms with Crippen LogP contribution >= 0.6 is 0 Å². The van der Waals surface area contributed by atoms with Gasteiger partial charge in [-0.05, 0) is 18.2 Å². The van der Waals surface area contributed by atoms with Crippen molar-refractivity contribution in [2.75, 3.05) is 5.32 Å². The number of carbonyl (C=O) groups is 1. The van der Waals surface area contributed by atoms with Crippen LogP contribution in [-0.2, 0) is 4.79 Å². The van der Waals surface area contributed by atoms with Crippen LogP contribution in [-0.4, -0.2) is 15.9 Å². The fraction of sp³-hybridized carbons (Fsp3) is 0. The van der Waals surface area contributed by atoms with E-state index in [9.17, 15) is 9.18 Å². The SMILES string of the molecule is C=CC(=O)Nc1cccc(Oc2ncncc2F)c1. The first-order valence-electron chi connectivity index (χ1n) is 5.36. The summed E-state index contributed by atoms with van der Waals surface area (Å²) < 4.78 is 18.6. The van der Waals surface area contributed by atoms with Crippen molar-refractivity contribution in [2.45, 2.75) is 0 Å². The molecule has 0 unspecified atom stereocenters. The van der Waals surface area contributed by atoms with Crippen LogP contribution in [0.4, 0.5) is 10.1 Å². The second-order valence-corrected chi connectivity index (χ2v) is 3.50. The smallest absolute Gasteiger partial charge is 0.259 e. The number of halogens is 1. The fourth-order valence-corrected chi connectivity index (χ4v) is 1.32. The van der Waals surface area contributed by atoms with Gasteiger partial charge in [0, 0.05) is 11.8 Å². The molecule has 1 amide bonds. The number of amides is 1. The predicted octanol–water partition coefficient (Wildman–Crippen LogP) is 2.53. The number of benzene rings is 1. The zero-order valence-electron chi connectivity index (χ0n) is 9.84. The van der Waals surface area contributed by atoms with Gasteiger partial charge in [0.05, 0.1) is 6.20 Å². The van der Waals surface area contributed by atoms with Crippen molar-refractivity contribution in [3.63, 3.8) is 0 Å². The van der Waals surface area contributed by atoms with Gasteiger partial charge in [0.2, 0.25) is 11.7 Å². The summed E-state index contributed by atoms with van der Waals surface area (Å²) >= 11 is 0. The molecule has 0 saturated heterocycles. The van der Waals surface area contributed by atoms with E-state index in [1.165, 1.54) is 6.33 Å². The molecule has 0 bridgehead atoms. The van der Waals surface area contributed by atoms with E-state index in [0.29, 0.717) is 11.4 Å². The van der Waals surface area contributed by atoms with Crippen molar-refractivity contribution in [2.24, 2.45) is 0 Å². The molecule has 0 fully saturated rings. The molecule has 2 rings (SSSR count). The standard InChI is InChI=1S/C13H10FN3O2/c1-2-12(18)17-9-4-3-5-10(6-9)19-13-11(14)7-15-8-16-13/h2-8H,1H2,(H,17,18). The zero-order valence-corrected chi connectivity index (χ0v) is 9.84. The molecule has 0 aliphatic carbocycles. The average molecular weight is 259 g/mol. The fourth-order valence-electron chi connectivity index (χ4n) is 1.32. The van der Waals surface area contributed by atoms with E-state index >= 15 is 0 Å². The molecule has 19 heavy (non-hydrogen) atoms. The van der Waals surface area contributed by atoms with Crippen LogP contribution in [0, 0.1) is 5.82 Å². The summed E-state index contributed by atoms with van der Waals surface area (Å²) in [7, 11) is 0. The lowest BCUT2D eigenvalue weighted by molar-refractivity contribution is -0.111. The molecular formula is C13H10FN3O2. The highest BCUT2D eigenvalue weighted by Crippen LogP contribution is 2.23. The first kappa shape index (κ1) is 12.7. The molecule has 1 aromatic carbocycles. The van der Waals surface area contributed by atoms with E-state index in [4.69, 9.17) is 4.74 Å². The summed E-state index contributed by atoms with van der Waals surface area (Å²) in [6.07, 6.45) is 3.34. The Morgan fingerprint density at radius 1 is 1.47 bits per heavy atom. The quantitative estimate of drug-likeness (QED) is 0.857. The van der Waals surface area contributed by atoms with Crippen LogP contribution in [0.1, 0.15) is 0 Å². The van der Waals surface area contributed by atoms with E-state index in [-0.39, 0.29) is 11.8 Å². The van der Waals surface area contributed by atoms with E-state index < -0.39 is 5.82 Å². The Morgan fingerprint density at radius 2 is 2.32 bits per heavy atom. The van der Waals surface area contributed by atoms with Crippen LogP contribution in [0.2, 0.25) is 0 Å². The number of ether oxygens (including phenoxy) is 1. The average Bonchev–Trinajstić information content (AvgIpc) is 2.42. The van der Waals surface area contributed by atoms with Crippen LogP contribution in [0.3, 0.4) is 0 Å². The molecule has 6 heteroatoms. The number of anilines is 1. The third-order valence-corrected chi connectivity index (χ3v) is 2.14. The molecular weight excluding hydrogens is 249 g/mol. The maximum Gasteiger partial charge on any atom is 0.259 e. The third-order valence-electron chi connectivity index (χ3n) is 2.14. The van der Waals surface area contributed by atoms with Crippen LogP contribution in [0.25, 0.3) is 0 Å². The molecule has 0 atom stereocenters. The number of hydrogen-bond acceptors (Lipinski definition) is 4. The van der Waals surface area contributed by atoms with Crippen molar-refractivity contribution >= 4 is 11.6 Å². The summed E-state index contributed by atoms with van der Waals surface area (Å²) in [4.78, 5) is 18.3. The van der Waals surface area contributed by atoms with Crippen LogP contribution in [0.5, 0.6) is 11.6 Å². The summed E-state index contributed by atoms with van der Waals surface area (Å²) in [5, 5.41) is 2.57. The van der Waals surface area contributed by atoms with Gasteiger partial charge < -0.3 is 10.1 Å². The topological polar surface area (TPSA) is 64.1 Å². The lowest BCUT2D eigenvalue weighted by Gasteiger charge is -2.07. The number of hydrogen-bond donors (Lipinski definition) is 1. The van der Waals surface area contributed by atoms with Gasteiger partial charge in [0.15, 0.2) is 0 Å². The normalized spacial score (nSPS) is 9.74. The van der Waals surface area contributed by atoms with Crippen molar-refractivity contribution in [1.29, 1.82) is 0 Å². The van der Waals surface area contributed by atoms with Gasteiger partial charge in [-0.25, -0.2) is 4.98 Å². The van der Waals surface area contributed by atoms with Crippen molar-refractivity contribution < 1.29 is 13.9 Å². The molecule has 1 N–H and O–H groups in total. The number of nitrogens with zero attached hydrogens (tertiary/aromatic N) is 2. The minimum atomic E-state index is -0.664. The van der Waals surface area contributed by atoms with Crippen LogP contribution in [0.15, 0.2) is 49.4 Å². The Bertz CT molecular complexity index is 616. The number of rotatable bonds is 4. The second-order valence-electron chi connectivity index (χ2n) is 3.50. The van der Waals surface area contributed by atoms with E-state index in [1.54, 1.807) is 24.3 Å². The summed E-state index contributed by atoms with van der Waals surface area (Å²) in [5.41, 5.74) is 0.511. The minimum Gasteiger partial charge on any atom is -0.436 e. The molecule has 0 saturated carbocycles. The molecule has 96 valence electrons.